The fraction of sp³-hybridized carbons (Fsp3) is 0.333. The van der Waals surface area contributed by atoms with E-state index in [1.165, 1.54) is 12.7 Å². The van der Waals surface area contributed by atoms with Gasteiger partial charge in [0.1, 0.15) is 6.10 Å². The first-order valence-corrected chi connectivity index (χ1v) is 9.27. The van der Waals surface area contributed by atoms with Gasteiger partial charge < -0.3 is 14.8 Å². The summed E-state index contributed by atoms with van der Waals surface area (Å²) in [5.41, 5.74) is 2.57. The molecule has 1 N–H and O–H groups in total. The lowest BCUT2D eigenvalue weighted by atomic mass is 9.94. The Hall–Kier alpha value is -2.37. The van der Waals surface area contributed by atoms with Crippen LogP contribution in [0, 0.1) is 5.92 Å². The van der Waals surface area contributed by atoms with Crippen molar-refractivity contribution < 1.29 is 19.1 Å². The SMILES string of the molecule is COC(=O)c1ccc([C@H]2OC(=O)C[C@@H]2CNCCc2ccc(Cl)cc2)cc1. The number of hydrogen-bond donors (Lipinski definition) is 1. The van der Waals surface area contributed by atoms with Crippen molar-refractivity contribution in [1.82, 2.24) is 5.32 Å². The van der Waals surface area contributed by atoms with E-state index in [1.54, 1.807) is 12.1 Å². The Kier molecular flexibility index (Phi) is 6.48. The van der Waals surface area contributed by atoms with Crippen molar-refractivity contribution in [3.63, 3.8) is 0 Å². The van der Waals surface area contributed by atoms with E-state index in [9.17, 15) is 9.59 Å². The first-order valence-electron chi connectivity index (χ1n) is 8.89. The standard InChI is InChI=1S/C21H22ClNO4/c1-26-21(25)16-6-4-15(5-7-16)20-17(12-19(24)27-20)13-23-11-10-14-2-8-18(22)9-3-14/h2-9,17,20,23H,10-13H2,1H3/t17-,20-/m1/s1. The number of cyclic esters (lactones) is 1. The fourth-order valence-electron chi connectivity index (χ4n) is 3.22. The molecule has 0 aromatic heterocycles. The molecule has 142 valence electrons. The number of esters is 2. The molecule has 0 saturated carbocycles. The minimum Gasteiger partial charge on any atom is -0.465 e. The highest BCUT2D eigenvalue weighted by atomic mass is 35.5. The Morgan fingerprint density at radius 2 is 1.89 bits per heavy atom. The lowest BCUT2D eigenvalue weighted by Crippen LogP contribution is -2.26. The zero-order chi connectivity index (χ0) is 19.2. The highest BCUT2D eigenvalue weighted by Crippen LogP contribution is 2.35. The molecular formula is C21H22ClNO4. The predicted octanol–water partition coefficient (Wildman–Crippen LogP) is 3.56. The minimum atomic E-state index is -0.384. The van der Waals surface area contributed by atoms with Gasteiger partial charge in [0.25, 0.3) is 0 Å². The Bertz CT molecular complexity index is 789. The van der Waals surface area contributed by atoms with Crippen molar-refractivity contribution in [2.75, 3.05) is 20.2 Å². The van der Waals surface area contributed by atoms with Crippen LogP contribution in [0.1, 0.15) is 34.0 Å². The second kappa shape index (κ2) is 9.02. The Morgan fingerprint density at radius 3 is 2.56 bits per heavy atom. The molecule has 27 heavy (non-hydrogen) atoms. The van der Waals surface area contributed by atoms with E-state index in [-0.39, 0.29) is 24.0 Å². The van der Waals surface area contributed by atoms with Gasteiger partial charge in [0.05, 0.1) is 19.1 Å². The number of rotatable bonds is 7. The van der Waals surface area contributed by atoms with Gasteiger partial charge in [0.2, 0.25) is 0 Å². The number of ether oxygens (including phenoxy) is 2. The van der Waals surface area contributed by atoms with Crippen molar-refractivity contribution in [3.05, 3.63) is 70.2 Å². The number of carbonyl (C=O) groups excluding carboxylic acids is 2. The van der Waals surface area contributed by atoms with E-state index < -0.39 is 0 Å². The maximum atomic E-state index is 11.8. The number of nitrogens with one attached hydrogen (secondary N) is 1. The van der Waals surface area contributed by atoms with Gasteiger partial charge >= 0.3 is 11.9 Å². The number of halogens is 1. The van der Waals surface area contributed by atoms with Crippen LogP contribution in [0.4, 0.5) is 0 Å². The molecule has 0 amide bonds. The summed E-state index contributed by atoms with van der Waals surface area (Å²) in [7, 11) is 1.35. The van der Waals surface area contributed by atoms with Crippen molar-refractivity contribution in [3.8, 4) is 0 Å². The molecule has 5 nitrogen and oxygen atoms in total. The van der Waals surface area contributed by atoms with Crippen LogP contribution in [0.15, 0.2) is 48.5 Å². The topological polar surface area (TPSA) is 64.6 Å². The van der Waals surface area contributed by atoms with Crippen molar-refractivity contribution in [1.29, 1.82) is 0 Å². The second-order valence-corrected chi connectivity index (χ2v) is 7.01. The minimum absolute atomic E-state index is 0.0618. The first kappa shape index (κ1) is 19.4. The Labute approximate surface area is 163 Å². The molecule has 1 heterocycles. The van der Waals surface area contributed by atoms with Crippen LogP contribution in [0.25, 0.3) is 0 Å². The molecule has 2 aromatic carbocycles. The molecule has 3 rings (SSSR count). The van der Waals surface area contributed by atoms with Gasteiger partial charge in [-0.15, -0.1) is 0 Å². The number of hydrogen-bond acceptors (Lipinski definition) is 5. The summed E-state index contributed by atoms with van der Waals surface area (Å²) >= 11 is 5.90. The van der Waals surface area contributed by atoms with Gasteiger partial charge in [-0.2, -0.15) is 0 Å². The van der Waals surface area contributed by atoms with Gasteiger partial charge in [0.15, 0.2) is 0 Å². The molecular weight excluding hydrogens is 366 g/mol. The number of carbonyl (C=O) groups is 2. The van der Waals surface area contributed by atoms with Crippen LogP contribution >= 0.6 is 11.6 Å². The monoisotopic (exact) mass is 387 g/mol. The van der Waals surface area contributed by atoms with Crippen molar-refractivity contribution in [2.24, 2.45) is 5.92 Å². The molecule has 0 bridgehead atoms. The summed E-state index contributed by atoms with van der Waals surface area (Å²) in [5, 5.41) is 4.14. The summed E-state index contributed by atoms with van der Waals surface area (Å²) in [4.78, 5) is 23.4. The maximum absolute atomic E-state index is 11.8. The summed E-state index contributed by atoms with van der Waals surface area (Å²) in [6.45, 7) is 1.49. The van der Waals surface area contributed by atoms with Crippen LogP contribution in [0.5, 0.6) is 0 Å². The third-order valence-electron chi connectivity index (χ3n) is 4.69. The molecule has 2 aromatic rings. The van der Waals surface area contributed by atoms with Crippen LogP contribution in [0.2, 0.25) is 5.02 Å². The van der Waals surface area contributed by atoms with Crippen LogP contribution in [-0.2, 0) is 20.7 Å². The van der Waals surface area contributed by atoms with Gasteiger partial charge in [-0.3, -0.25) is 4.79 Å². The van der Waals surface area contributed by atoms with Crippen LogP contribution in [0.3, 0.4) is 0 Å². The molecule has 0 unspecified atom stereocenters. The zero-order valence-corrected chi connectivity index (χ0v) is 15.9. The third-order valence-corrected chi connectivity index (χ3v) is 4.94. The Balaban J connectivity index is 1.55. The quantitative estimate of drug-likeness (QED) is 0.581. The van der Waals surface area contributed by atoms with Gasteiger partial charge in [-0.05, 0) is 48.4 Å². The molecule has 2 atom stereocenters. The van der Waals surface area contributed by atoms with E-state index in [0.29, 0.717) is 18.5 Å². The summed E-state index contributed by atoms with van der Waals surface area (Å²) in [6.07, 6.45) is 0.974. The van der Waals surface area contributed by atoms with Crippen LogP contribution < -0.4 is 5.32 Å². The first-order chi connectivity index (χ1) is 13.1. The molecule has 6 heteroatoms. The predicted molar refractivity (Wildman–Crippen MR) is 103 cm³/mol. The molecule has 1 aliphatic heterocycles. The third kappa shape index (κ3) is 5.08. The molecule has 1 fully saturated rings. The molecule has 0 aliphatic carbocycles. The van der Waals surface area contributed by atoms with E-state index in [2.05, 4.69) is 5.32 Å². The fourth-order valence-corrected chi connectivity index (χ4v) is 3.35. The van der Waals surface area contributed by atoms with E-state index in [0.717, 1.165) is 23.6 Å². The summed E-state index contributed by atoms with van der Waals surface area (Å²) in [6, 6.07) is 14.8. The molecule has 1 aliphatic rings. The molecule has 0 radical (unpaired) electrons. The second-order valence-electron chi connectivity index (χ2n) is 6.57. The normalized spacial score (nSPS) is 19.0. The van der Waals surface area contributed by atoms with E-state index in [1.807, 2.05) is 36.4 Å². The van der Waals surface area contributed by atoms with Crippen molar-refractivity contribution in [2.45, 2.75) is 18.9 Å². The van der Waals surface area contributed by atoms with E-state index in [4.69, 9.17) is 21.1 Å². The van der Waals surface area contributed by atoms with Gasteiger partial charge in [-0.25, -0.2) is 4.79 Å². The van der Waals surface area contributed by atoms with Crippen molar-refractivity contribution >= 4 is 23.5 Å². The molecule has 1 saturated heterocycles. The lowest BCUT2D eigenvalue weighted by Gasteiger charge is -2.18. The number of methoxy groups -OCH3 is 1. The van der Waals surface area contributed by atoms with Gasteiger partial charge in [-0.1, -0.05) is 35.9 Å². The smallest absolute Gasteiger partial charge is 0.337 e. The highest BCUT2D eigenvalue weighted by Gasteiger charge is 2.35. The Morgan fingerprint density at radius 1 is 1.19 bits per heavy atom. The number of benzene rings is 2. The summed E-state index contributed by atoms with van der Waals surface area (Å²) in [5.74, 6) is -0.515. The highest BCUT2D eigenvalue weighted by molar-refractivity contribution is 6.30. The molecule has 0 spiro atoms. The lowest BCUT2D eigenvalue weighted by molar-refractivity contribution is -0.141. The average molecular weight is 388 g/mol. The summed E-state index contributed by atoms with van der Waals surface area (Å²) < 4.78 is 10.2. The van der Waals surface area contributed by atoms with E-state index >= 15 is 0 Å². The largest absolute Gasteiger partial charge is 0.465 e. The average Bonchev–Trinajstić information content (AvgIpc) is 3.06. The maximum Gasteiger partial charge on any atom is 0.337 e. The zero-order valence-electron chi connectivity index (χ0n) is 15.1. The van der Waals surface area contributed by atoms with Gasteiger partial charge in [0, 0.05) is 17.5 Å². The van der Waals surface area contributed by atoms with Crippen LogP contribution in [-0.4, -0.2) is 32.1 Å².